The minimum Gasteiger partial charge on any atom is -0.324 e. The van der Waals surface area contributed by atoms with Crippen molar-refractivity contribution in [2.75, 3.05) is 0 Å². The summed E-state index contributed by atoms with van der Waals surface area (Å²) in [6, 6.07) is 10.8. The Morgan fingerprint density at radius 3 is 1.95 bits per heavy atom. The molecule has 2 rings (SSSR count). The fourth-order valence-electron chi connectivity index (χ4n) is 2.70. The molecule has 2 heteroatoms. The van der Waals surface area contributed by atoms with Crippen molar-refractivity contribution in [3.8, 4) is 0 Å². The van der Waals surface area contributed by atoms with Crippen LogP contribution in [0.5, 0.6) is 0 Å². The van der Waals surface area contributed by atoms with Crippen LogP contribution in [0.15, 0.2) is 34.8 Å². The molecule has 2 aromatic rings. The van der Waals surface area contributed by atoms with E-state index in [1.807, 2.05) is 0 Å². The number of hydrogen-bond acceptors (Lipinski definition) is 1. The van der Waals surface area contributed by atoms with Crippen LogP contribution in [0.4, 0.5) is 0 Å². The lowest BCUT2D eigenvalue weighted by atomic mass is 9.92. The van der Waals surface area contributed by atoms with Crippen LogP contribution in [0, 0.1) is 27.7 Å². The lowest BCUT2D eigenvalue weighted by Crippen LogP contribution is -2.15. The summed E-state index contributed by atoms with van der Waals surface area (Å²) in [4.78, 5) is 0. The monoisotopic (exact) mass is 331 g/mol. The van der Waals surface area contributed by atoms with Crippen LogP contribution in [0.25, 0.3) is 0 Å². The molecule has 1 atom stereocenters. The Morgan fingerprint density at radius 1 is 0.950 bits per heavy atom. The number of halogens is 1. The highest BCUT2D eigenvalue weighted by Gasteiger charge is 2.12. The first-order chi connectivity index (χ1) is 9.40. The van der Waals surface area contributed by atoms with Crippen molar-refractivity contribution in [1.29, 1.82) is 0 Å². The highest BCUT2D eigenvalue weighted by Crippen LogP contribution is 2.27. The minimum atomic E-state index is 0.0419. The largest absolute Gasteiger partial charge is 0.324 e. The molecule has 0 amide bonds. The predicted molar refractivity (Wildman–Crippen MR) is 90.2 cm³/mol. The average Bonchev–Trinajstić information content (AvgIpc) is 2.39. The molecule has 0 fully saturated rings. The molecule has 106 valence electrons. The highest BCUT2D eigenvalue weighted by molar-refractivity contribution is 9.10. The fourth-order valence-corrected chi connectivity index (χ4v) is 2.93. The lowest BCUT2D eigenvalue weighted by Gasteiger charge is -2.18. The van der Waals surface area contributed by atoms with Gasteiger partial charge in [-0.05, 0) is 67.5 Å². The van der Waals surface area contributed by atoms with Crippen LogP contribution in [-0.4, -0.2) is 0 Å². The first-order valence-electron chi connectivity index (χ1n) is 6.97. The van der Waals surface area contributed by atoms with Gasteiger partial charge in [0.15, 0.2) is 0 Å². The molecule has 2 N–H and O–H groups in total. The van der Waals surface area contributed by atoms with Crippen LogP contribution in [0.1, 0.15) is 39.4 Å². The Hall–Kier alpha value is -1.12. The van der Waals surface area contributed by atoms with Gasteiger partial charge in [0, 0.05) is 10.5 Å². The van der Waals surface area contributed by atoms with Gasteiger partial charge in [-0.1, -0.05) is 46.3 Å². The topological polar surface area (TPSA) is 26.0 Å². The maximum Gasteiger partial charge on any atom is 0.0336 e. The number of aryl methyl sites for hydroxylation is 4. The van der Waals surface area contributed by atoms with E-state index in [1.54, 1.807) is 0 Å². The minimum absolute atomic E-state index is 0.0419. The summed E-state index contributed by atoms with van der Waals surface area (Å²) in [5, 5.41) is 0. The summed E-state index contributed by atoms with van der Waals surface area (Å²) in [6.07, 6.45) is 0.888. The van der Waals surface area contributed by atoms with Gasteiger partial charge in [-0.25, -0.2) is 0 Å². The van der Waals surface area contributed by atoms with E-state index >= 15 is 0 Å². The summed E-state index contributed by atoms with van der Waals surface area (Å²) in [5.41, 5.74) is 14.2. The van der Waals surface area contributed by atoms with Gasteiger partial charge in [-0.15, -0.1) is 0 Å². The quantitative estimate of drug-likeness (QED) is 0.848. The van der Waals surface area contributed by atoms with Crippen molar-refractivity contribution in [1.82, 2.24) is 0 Å². The first-order valence-corrected chi connectivity index (χ1v) is 7.76. The molecule has 1 nitrogen and oxygen atoms in total. The summed E-state index contributed by atoms with van der Waals surface area (Å²) in [7, 11) is 0. The average molecular weight is 332 g/mol. The van der Waals surface area contributed by atoms with E-state index < -0.39 is 0 Å². The van der Waals surface area contributed by atoms with Crippen molar-refractivity contribution >= 4 is 15.9 Å². The third-order valence-corrected chi connectivity index (χ3v) is 5.21. The second-order valence-corrected chi connectivity index (χ2v) is 6.44. The molecule has 0 aliphatic heterocycles. The second kappa shape index (κ2) is 6.11. The van der Waals surface area contributed by atoms with Crippen LogP contribution in [0.2, 0.25) is 0 Å². The molecular weight excluding hydrogens is 310 g/mol. The van der Waals surface area contributed by atoms with E-state index in [0.29, 0.717) is 0 Å². The van der Waals surface area contributed by atoms with Gasteiger partial charge in [0.2, 0.25) is 0 Å². The van der Waals surface area contributed by atoms with Crippen molar-refractivity contribution in [2.24, 2.45) is 5.73 Å². The van der Waals surface area contributed by atoms with Gasteiger partial charge < -0.3 is 5.73 Å². The molecule has 0 saturated heterocycles. The Labute approximate surface area is 130 Å². The molecule has 0 aromatic heterocycles. The zero-order valence-electron chi connectivity index (χ0n) is 12.6. The standard InChI is InChI=1S/C18H22BrN/c1-11-6-5-7-12(2)16(11)10-17(20)15-8-13(3)18(19)14(4)9-15/h5-9,17H,10,20H2,1-4H3. The van der Waals surface area contributed by atoms with Crippen molar-refractivity contribution in [3.05, 3.63) is 68.2 Å². The van der Waals surface area contributed by atoms with Crippen LogP contribution in [0.3, 0.4) is 0 Å². The van der Waals surface area contributed by atoms with Crippen LogP contribution < -0.4 is 5.73 Å². The zero-order chi connectivity index (χ0) is 14.9. The number of nitrogens with two attached hydrogens (primary N) is 1. The van der Waals surface area contributed by atoms with E-state index in [1.165, 1.54) is 37.9 Å². The summed E-state index contributed by atoms with van der Waals surface area (Å²) in [6.45, 7) is 8.55. The summed E-state index contributed by atoms with van der Waals surface area (Å²) in [5.74, 6) is 0. The molecule has 0 bridgehead atoms. The van der Waals surface area contributed by atoms with Gasteiger partial charge >= 0.3 is 0 Å². The Balaban J connectivity index is 2.31. The molecule has 1 unspecified atom stereocenters. The predicted octanol–water partition coefficient (Wildman–Crippen LogP) is 4.93. The molecule has 0 aliphatic carbocycles. The normalized spacial score (nSPS) is 12.5. The summed E-state index contributed by atoms with van der Waals surface area (Å²) >= 11 is 3.61. The molecular formula is C18H22BrN. The van der Waals surface area contributed by atoms with Crippen molar-refractivity contribution in [2.45, 2.75) is 40.2 Å². The van der Waals surface area contributed by atoms with E-state index in [0.717, 1.165) is 6.42 Å². The SMILES string of the molecule is Cc1cc(C(N)Cc2c(C)cccc2C)cc(C)c1Br. The van der Waals surface area contributed by atoms with E-state index in [2.05, 4.69) is 74.0 Å². The Kier molecular flexibility index (Phi) is 4.66. The van der Waals surface area contributed by atoms with E-state index in [-0.39, 0.29) is 6.04 Å². The Bertz CT molecular complexity index is 588. The lowest BCUT2D eigenvalue weighted by molar-refractivity contribution is 0.713. The summed E-state index contributed by atoms with van der Waals surface area (Å²) < 4.78 is 1.18. The maximum atomic E-state index is 6.44. The Morgan fingerprint density at radius 2 is 1.45 bits per heavy atom. The van der Waals surface area contributed by atoms with Crippen LogP contribution in [-0.2, 0) is 6.42 Å². The first kappa shape index (κ1) is 15.3. The van der Waals surface area contributed by atoms with Gasteiger partial charge in [-0.2, -0.15) is 0 Å². The number of benzene rings is 2. The highest BCUT2D eigenvalue weighted by atomic mass is 79.9. The van der Waals surface area contributed by atoms with Crippen molar-refractivity contribution in [3.63, 3.8) is 0 Å². The van der Waals surface area contributed by atoms with E-state index in [4.69, 9.17) is 5.73 Å². The second-order valence-electron chi connectivity index (χ2n) is 5.65. The fraction of sp³-hybridized carbons (Fsp3) is 0.333. The van der Waals surface area contributed by atoms with Gasteiger partial charge in [0.1, 0.15) is 0 Å². The van der Waals surface area contributed by atoms with Gasteiger partial charge in [0.05, 0.1) is 0 Å². The third kappa shape index (κ3) is 3.13. The molecule has 2 aromatic carbocycles. The molecule has 0 aliphatic rings. The van der Waals surface area contributed by atoms with E-state index in [9.17, 15) is 0 Å². The molecule has 0 spiro atoms. The maximum absolute atomic E-state index is 6.44. The van der Waals surface area contributed by atoms with Gasteiger partial charge in [0.25, 0.3) is 0 Å². The number of hydrogen-bond donors (Lipinski definition) is 1. The third-order valence-electron chi connectivity index (χ3n) is 3.96. The number of rotatable bonds is 3. The molecule has 0 heterocycles. The molecule has 0 radical (unpaired) electrons. The van der Waals surface area contributed by atoms with Gasteiger partial charge in [-0.3, -0.25) is 0 Å². The van der Waals surface area contributed by atoms with Crippen molar-refractivity contribution < 1.29 is 0 Å². The van der Waals surface area contributed by atoms with Crippen LogP contribution >= 0.6 is 15.9 Å². The smallest absolute Gasteiger partial charge is 0.0336 e. The molecule has 20 heavy (non-hydrogen) atoms. The molecule has 0 saturated carbocycles. The zero-order valence-corrected chi connectivity index (χ0v) is 14.2.